The first-order valence-electron chi connectivity index (χ1n) is 45.0. The summed E-state index contributed by atoms with van der Waals surface area (Å²) in [5.74, 6) is 5.16. The molecule has 672 valence electrons. The van der Waals surface area contributed by atoms with Gasteiger partial charge in [0.15, 0.2) is 42.5 Å². The zero-order chi connectivity index (χ0) is 94.2. The van der Waals surface area contributed by atoms with Crippen molar-refractivity contribution in [2.75, 3.05) is 0 Å². The molecule has 24 rings (SSSR count). The zero-order valence-corrected chi connectivity index (χ0v) is 85.2. The molecule has 0 saturated carbocycles. The Morgan fingerprint density at radius 1 is 0.265 bits per heavy atom. The summed E-state index contributed by atoms with van der Waals surface area (Å²) in [6.07, 6.45) is 23.6. The molecule has 18 aromatic rings. The van der Waals surface area contributed by atoms with Crippen LogP contribution in [-0.4, -0.2) is 44.9 Å². The summed E-state index contributed by atoms with van der Waals surface area (Å²) >= 11 is 10.8. The van der Waals surface area contributed by atoms with Gasteiger partial charge in [-0.3, -0.25) is 4.98 Å². The van der Waals surface area contributed by atoms with Crippen LogP contribution in [0.4, 0.5) is 0 Å². The fraction of sp³-hybridized carbons (Fsp3) is 0.158. The number of ether oxygens (including phenoxy) is 3. The molecule has 0 atom stereocenters. The number of hydrogen-bond donors (Lipinski definition) is 0. The van der Waals surface area contributed by atoms with Gasteiger partial charge in [0.2, 0.25) is 34.3 Å². The molecule has 15 nitrogen and oxygen atoms in total. The standard InChI is InChI=1S/2C21H21N2S.2C18H15N2OS.C18H15N2OSe.C18H15N2S2/c1-14-10-11-15-19(18(14)17-9-5-6-13-23(17)4)24-20-16(21(15,2)3)8-7-12-22-20;1-14-10-11-16-19(18(14)15-8-5-6-13-23(15)4)21(2,3)20-17(24-16)9-7-12-22-20;1-12-8-9-14-17(16(12)13-6-3-4-11-20(13)2)21-18-15(22-14)7-5-10-19-18;3*1-12-8-9-14-17(16(12)13-6-3-4-11-20(13)2)22-18-15(21-14)7-5-10-19-18/h2*5-13H,1-4H3;4*3-11H,1-2H3/q6*+1. The monoisotopic (exact) mass is 1960 g/mol. The minimum atomic E-state index is -0.124. The maximum absolute atomic E-state index is 6.15. The van der Waals surface area contributed by atoms with Crippen molar-refractivity contribution in [3.8, 4) is 102 Å². The Balaban J connectivity index is 0.000000105. The van der Waals surface area contributed by atoms with Gasteiger partial charge in [0, 0.05) is 132 Å². The SMILES string of the molecule is Cc1ccc2c(c1-c1cccc[n+]1C)C(C)(C)c1ncccc1S2.Cc1ccc2c(c1-c1cccc[n+]1C)Oc1ncccc1S2.Cc1ccc2c(c1-c1cccc[n+]1C)Sc1ncccc1C2(C)C.Cc1ccc2c(c1-c1cccc[n+]1C)Sc1ncccc1O2.Cc1ccc2c(c1-c1cccc[n+]1C)Sc1ncccc1S2.Cc1ccc2c(c1-c1cccc[n+]1C)[Se]c1ncccc1O2. The van der Waals surface area contributed by atoms with E-state index in [0.717, 1.165) is 74.4 Å². The fourth-order valence-electron chi connectivity index (χ4n) is 18.0. The number of aromatic nitrogens is 12. The quantitative estimate of drug-likeness (QED) is 0.116. The van der Waals surface area contributed by atoms with Crippen molar-refractivity contribution in [3.63, 3.8) is 0 Å². The van der Waals surface area contributed by atoms with Crippen molar-refractivity contribution in [3.05, 3.63) is 385 Å². The average Bonchev–Trinajstić information content (AvgIpc) is 0.729. The second-order valence-electron chi connectivity index (χ2n) is 35.0. The Labute approximate surface area is 827 Å². The third-order valence-electron chi connectivity index (χ3n) is 25.1. The number of rotatable bonds is 6. The van der Waals surface area contributed by atoms with Gasteiger partial charge in [0.1, 0.15) is 56.1 Å². The first-order valence-corrected chi connectivity index (χ1v) is 51.6. The van der Waals surface area contributed by atoms with Gasteiger partial charge >= 0.3 is 135 Å². The topological polar surface area (TPSA) is 128 Å². The van der Waals surface area contributed by atoms with E-state index >= 15 is 0 Å². The second-order valence-corrected chi connectivity index (χ2v) is 43.3. The molecule has 136 heavy (non-hydrogen) atoms. The van der Waals surface area contributed by atoms with Gasteiger partial charge in [-0.1, -0.05) is 141 Å². The molecular formula is C114H102N12O3S6Se+6. The normalized spacial score (nSPS) is 13.2. The summed E-state index contributed by atoms with van der Waals surface area (Å²) in [5.41, 5.74) is 27.6. The van der Waals surface area contributed by atoms with Crippen LogP contribution in [0.2, 0.25) is 0 Å². The minimum absolute atomic E-state index is 0.0417. The fourth-order valence-corrected chi connectivity index (χ4v) is 27.6. The van der Waals surface area contributed by atoms with Crippen LogP contribution in [0.15, 0.2) is 388 Å². The molecule has 6 aliphatic heterocycles. The predicted octanol–water partition coefficient (Wildman–Crippen LogP) is 23.8. The van der Waals surface area contributed by atoms with E-state index in [0.29, 0.717) is 5.88 Å². The number of fused-ring (bicyclic) bond motifs is 12. The Hall–Kier alpha value is -12.9. The van der Waals surface area contributed by atoms with Crippen LogP contribution in [0.3, 0.4) is 0 Å². The van der Waals surface area contributed by atoms with E-state index < -0.39 is 0 Å². The molecule has 6 aromatic carbocycles. The van der Waals surface area contributed by atoms with E-state index in [4.69, 9.17) is 19.2 Å². The van der Waals surface area contributed by atoms with Crippen LogP contribution in [0.25, 0.3) is 67.5 Å². The second kappa shape index (κ2) is 39.5. The van der Waals surface area contributed by atoms with Crippen molar-refractivity contribution in [2.24, 2.45) is 42.3 Å². The van der Waals surface area contributed by atoms with Crippen LogP contribution >= 0.6 is 70.6 Å². The van der Waals surface area contributed by atoms with E-state index in [1.165, 1.54) is 146 Å². The van der Waals surface area contributed by atoms with E-state index in [2.05, 4.69) is 377 Å². The van der Waals surface area contributed by atoms with Crippen molar-refractivity contribution in [1.29, 1.82) is 0 Å². The van der Waals surface area contributed by atoms with E-state index in [1.54, 1.807) is 59.4 Å². The molecule has 12 aromatic heterocycles. The number of benzene rings is 6. The Morgan fingerprint density at radius 3 is 1.27 bits per heavy atom. The summed E-state index contributed by atoms with van der Waals surface area (Å²) in [5, 5.41) is 3.14. The van der Waals surface area contributed by atoms with Crippen LogP contribution < -0.4 is 50.7 Å². The van der Waals surface area contributed by atoms with Gasteiger partial charge in [-0.2, -0.15) is 0 Å². The molecule has 0 N–H and O–H groups in total. The van der Waals surface area contributed by atoms with Gasteiger partial charge in [0.05, 0.1) is 48.2 Å². The zero-order valence-electron chi connectivity index (χ0n) is 78.6. The number of hydrogen-bond acceptors (Lipinski definition) is 15. The molecule has 0 aliphatic carbocycles. The Morgan fingerprint density at radius 2 is 0.669 bits per heavy atom. The first kappa shape index (κ1) is 92.2. The van der Waals surface area contributed by atoms with Crippen molar-refractivity contribution >= 4 is 94.6 Å². The van der Waals surface area contributed by atoms with Crippen LogP contribution in [-0.2, 0) is 53.1 Å². The number of nitrogens with zero attached hydrogens (tertiary/aromatic N) is 12. The Bertz CT molecular complexity index is 7140. The molecule has 6 aliphatic rings. The Kier molecular flexibility index (Phi) is 26.8. The van der Waals surface area contributed by atoms with Gasteiger partial charge in [-0.05, 0) is 188 Å². The van der Waals surface area contributed by atoms with Gasteiger partial charge in [0.25, 0.3) is 0 Å². The summed E-state index contributed by atoms with van der Waals surface area (Å²) in [7, 11) is 12.5. The van der Waals surface area contributed by atoms with Crippen LogP contribution in [0.5, 0.6) is 34.6 Å². The van der Waals surface area contributed by atoms with Crippen molar-refractivity contribution in [2.45, 2.75) is 139 Å². The summed E-state index contributed by atoms with van der Waals surface area (Å²) in [6, 6.07) is 88.3. The summed E-state index contributed by atoms with van der Waals surface area (Å²) in [6.45, 7) is 22.2. The van der Waals surface area contributed by atoms with E-state index in [9.17, 15) is 0 Å². The molecule has 22 heteroatoms. The van der Waals surface area contributed by atoms with Crippen molar-refractivity contribution < 1.29 is 41.6 Å². The van der Waals surface area contributed by atoms with Gasteiger partial charge < -0.3 is 9.47 Å². The first-order chi connectivity index (χ1) is 65.9. The molecule has 18 heterocycles. The van der Waals surface area contributed by atoms with Crippen LogP contribution in [0.1, 0.15) is 83.5 Å². The van der Waals surface area contributed by atoms with E-state index in [-0.39, 0.29) is 25.8 Å². The predicted molar refractivity (Wildman–Crippen MR) is 546 cm³/mol. The molecule has 0 spiro atoms. The molecule has 0 bridgehead atoms. The number of aryl methyl sites for hydroxylation is 12. The van der Waals surface area contributed by atoms with Gasteiger partial charge in [-0.25, -0.2) is 42.8 Å². The average molecular weight is 1960 g/mol. The molecule has 0 amide bonds. The van der Waals surface area contributed by atoms with Crippen LogP contribution in [0, 0.1) is 41.5 Å². The summed E-state index contributed by atoms with van der Waals surface area (Å²) in [4.78, 5) is 38.4. The molecule has 0 fully saturated rings. The molecule has 0 unspecified atom stereocenters. The third-order valence-corrected chi connectivity index (χ3v) is 34.4. The van der Waals surface area contributed by atoms with Crippen molar-refractivity contribution in [1.82, 2.24) is 29.9 Å². The molecular weight excluding hydrogens is 1860 g/mol. The van der Waals surface area contributed by atoms with E-state index in [1.807, 2.05) is 127 Å². The maximum atomic E-state index is 6.15. The number of pyridine rings is 12. The molecule has 0 saturated heterocycles. The van der Waals surface area contributed by atoms with Gasteiger partial charge in [-0.15, -0.1) is 0 Å². The summed E-state index contributed by atoms with van der Waals surface area (Å²) < 4.78 is 33.6. The third kappa shape index (κ3) is 18.3. The molecule has 0 radical (unpaired) electrons.